The molecule has 10 heteroatoms. The zero-order valence-corrected chi connectivity index (χ0v) is 15.0. The van der Waals surface area contributed by atoms with Crippen molar-refractivity contribution in [2.45, 2.75) is 19.4 Å². The Morgan fingerprint density at radius 1 is 1.25 bits per heavy atom. The molecule has 0 saturated carbocycles. The molecule has 1 unspecified atom stereocenters. The molecule has 2 heterocycles. The highest BCUT2D eigenvalue weighted by molar-refractivity contribution is 5.96. The first-order valence-electron chi connectivity index (χ1n) is 8.41. The number of amides is 2. The van der Waals surface area contributed by atoms with Crippen LogP contribution in [0.5, 0.6) is 0 Å². The molecular weight excluding hydrogens is 362 g/mol. The van der Waals surface area contributed by atoms with Crippen molar-refractivity contribution in [3.63, 3.8) is 0 Å². The SMILES string of the molecule is CC(CC(N)=O)Nc1cnc(C(N)=O)c(Nc2cccc(-c3ncco3)c2)n1. The smallest absolute Gasteiger partial charge is 0.271 e. The molecule has 28 heavy (non-hydrogen) atoms. The first kappa shape index (κ1) is 18.8. The average Bonchev–Trinajstić information content (AvgIpc) is 3.16. The summed E-state index contributed by atoms with van der Waals surface area (Å²) in [6, 6.07) is 6.95. The summed E-state index contributed by atoms with van der Waals surface area (Å²) >= 11 is 0. The second-order valence-corrected chi connectivity index (χ2v) is 6.08. The van der Waals surface area contributed by atoms with Gasteiger partial charge in [-0.05, 0) is 25.1 Å². The van der Waals surface area contributed by atoms with Gasteiger partial charge in [0.05, 0.1) is 12.4 Å². The normalized spacial score (nSPS) is 11.6. The molecule has 0 aliphatic rings. The molecule has 3 aromatic rings. The third kappa shape index (κ3) is 4.61. The topological polar surface area (TPSA) is 162 Å². The van der Waals surface area contributed by atoms with Crippen molar-refractivity contribution in [2.75, 3.05) is 10.6 Å². The lowest BCUT2D eigenvalue weighted by atomic mass is 10.2. The van der Waals surface area contributed by atoms with Gasteiger partial charge in [0.1, 0.15) is 12.1 Å². The van der Waals surface area contributed by atoms with E-state index in [-0.39, 0.29) is 24.0 Å². The number of anilines is 3. The molecule has 0 aliphatic heterocycles. The number of benzene rings is 1. The van der Waals surface area contributed by atoms with E-state index >= 15 is 0 Å². The summed E-state index contributed by atoms with van der Waals surface area (Å²) in [6.07, 6.45) is 4.52. The molecule has 0 bridgehead atoms. The molecule has 0 radical (unpaired) electrons. The Bertz CT molecular complexity index is 989. The van der Waals surface area contributed by atoms with Gasteiger partial charge in [0, 0.05) is 23.7 Å². The molecule has 2 aromatic heterocycles. The minimum absolute atomic E-state index is 0.0189. The van der Waals surface area contributed by atoms with Crippen molar-refractivity contribution in [2.24, 2.45) is 11.5 Å². The first-order chi connectivity index (χ1) is 13.4. The van der Waals surface area contributed by atoms with Crippen LogP contribution >= 0.6 is 0 Å². The Labute approximate surface area is 160 Å². The van der Waals surface area contributed by atoms with Gasteiger partial charge >= 0.3 is 0 Å². The maximum Gasteiger partial charge on any atom is 0.271 e. The van der Waals surface area contributed by atoms with Crippen molar-refractivity contribution >= 4 is 29.1 Å². The average molecular weight is 381 g/mol. The van der Waals surface area contributed by atoms with E-state index in [1.54, 1.807) is 31.3 Å². The zero-order valence-electron chi connectivity index (χ0n) is 15.0. The third-order valence-corrected chi connectivity index (χ3v) is 3.71. The highest BCUT2D eigenvalue weighted by Gasteiger charge is 2.15. The fraction of sp³-hybridized carbons (Fsp3) is 0.167. The molecule has 10 nitrogen and oxygen atoms in total. The number of nitrogens with two attached hydrogens (primary N) is 2. The number of hydrogen-bond donors (Lipinski definition) is 4. The lowest BCUT2D eigenvalue weighted by Gasteiger charge is -2.15. The van der Waals surface area contributed by atoms with Crippen LogP contribution in [0.3, 0.4) is 0 Å². The molecule has 2 amide bonds. The van der Waals surface area contributed by atoms with Gasteiger partial charge in [-0.25, -0.2) is 15.0 Å². The van der Waals surface area contributed by atoms with E-state index in [1.165, 1.54) is 12.5 Å². The van der Waals surface area contributed by atoms with Crippen LogP contribution in [0, 0.1) is 0 Å². The predicted octanol–water partition coefficient (Wildman–Crippen LogP) is 1.65. The van der Waals surface area contributed by atoms with Gasteiger partial charge in [-0.3, -0.25) is 9.59 Å². The number of carbonyl (C=O) groups is 2. The van der Waals surface area contributed by atoms with Gasteiger partial charge in [0.15, 0.2) is 11.5 Å². The molecule has 144 valence electrons. The number of oxazole rings is 1. The Morgan fingerprint density at radius 3 is 2.75 bits per heavy atom. The number of nitrogens with zero attached hydrogens (tertiary/aromatic N) is 3. The maximum absolute atomic E-state index is 11.7. The summed E-state index contributed by atoms with van der Waals surface area (Å²) in [6.45, 7) is 1.78. The second kappa shape index (κ2) is 8.16. The zero-order chi connectivity index (χ0) is 20.1. The van der Waals surface area contributed by atoms with E-state index in [0.717, 1.165) is 5.56 Å². The van der Waals surface area contributed by atoms with Crippen LogP contribution < -0.4 is 22.1 Å². The summed E-state index contributed by atoms with van der Waals surface area (Å²) in [5, 5.41) is 6.04. The number of carbonyl (C=O) groups excluding carboxylic acids is 2. The number of hydrogen-bond acceptors (Lipinski definition) is 8. The molecule has 3 rings (SSSR count). The van der Waals surface area contributed by atoms with Crippen molar-refractivity contribution in [1.82, 2.24) is 15.0 Å². The van der Waals surface area contributed by atoms with Crippen LogP contribution in [0.4, 0.5) is 17.3 Å². The largest absolute Gasteiger partial charge is 0.445 e. The maximum atomic E-state index is 11.7. The van der Waals surface area contributed by atoms with Crippen molar-refractivity contribution in [3.8, 4) is 11.5 Å². The fourth-order valence-electron chi connectivity index (χ4n) is 2.56. The number of primary amides is 2. The summed E-state index contributed by atoms with van der Waals surface area (Å²) in [7, 11) is 0. The monoisotopic (exact) mass is 381 g/mol. The van der Waals surface area contributed by atoms with Crippen LogP contribution in [0.2, 0.25) is 0 Å². The number of nitrogens with one attached hydrogen (secondary N) is 2. The highest BCUT2D eigenvalue weighted by Crippen LogP contribution is 2.24. The van der Waals surface area contributed by atoms with E-state index < -0.39 is 11.8 Å². The van der Waals surface area contributed by atoms with Gasteiger partial charge in [0.2, 0.25) is 11.8 Å². The molecule has 0 aliphatic carbocycles. The Morgan fingerprint density at radius 2 is 2.07 bits per heavy atom. The van der Waals surface area contributed by atoms with Gasteiger partial charge in [-0.15, -0.1) is 0 Å². The van der Waals surface area contributed by atoms with E-state index in [9.17, 15) is 9.59 Å². The fourth-order valence-corrected chi connectivity index (χ4v) is 2.56. The quantitative estimate of drug-likeness (QED) is 0.458. The van der Waals surface area contributed by atoms with E-state index in [1.807, 2.05) is 6.07 Å². The Balaban J connectivity index is 1.87. The summed E-state index contributed by atoms with van der Waals surface area (Å²) in [5.74, 6) is -0.169. The molecule has 1 aromatic carbocycles. The minimum Gasteiger partial charge on any atom is -0.445 e. The van der Waals surface area contributed by atoms with E-state index in [2.05, 4.69) is 25.6 Å². The van der Waals surface area contributed by atoms with Gasteiger partial charge < -0.3 is 26.5 Å². The van der Waals surface area contributed by atoms with Crippen molar-refractivity contribution in [3.05, 3.63) is 48.6 Å². The highest BCUT2D eigenvalue weighted by atomic mass is 16.3. The van der Waals surface area contributed by atoms with E-state index in [4.69, 9.17) is 15.9 Å². The van der Waals surface area contributed by atoms with Crippen molar-refractivity contribution in [1.29, 1.82) is 0 Å². The Hall–Kier alpha value is -3.95. The lowest BCUT2D eigenvalue weighted by molar-refractivity contribution is -0.118. The second-order valence-electron chi connectivity index (χ2n) is 6.08. The molecular formula is C18H19N7O3. The summed E-state index contributed by atoms with van der Waals surface area (Å²) in [5.41, 5.74) is 12.0. The van der Waals surface area contributed by atoms with Crippen LogP contribution in [-0.4, -0.2) is 32.8 Å². The molecule has 0 spiro atoms. The van der Waals surface area contributed by atoms with Crippen LogP contribution in [-0.2, 0) is 4.79 Å². The minimum atomic E-state index is -0.726. The summed E-state index contributed by atoms with van der Waals surface area (Å²) in [4.78, 5) is 35.3. The predicted molar refractivity (Wildman–Crippen MR) is 103 cm³/mol. The Kier molecular flexibility index (Phi) is 5.49. The molecule has 0 fully saturated rings. The summed E-state index contributed by atoms with van der Waals surface area (Å²) < 4.78 is 5.29. The van der Waals surface area contributed by atoms with Gasteiger partial charge in [-0.1, -0.05) is 6.07 Å². The third-order valence-electron chi connectivity index (χ3n) is 3.71. The molecule has 0 saturated heterocycles. The van der Waals surface area contributed by atoms with Crippen LogP contribution in [0.15, 0.2) is 47.3 Å². The first-order valence-corrected chi connectivity index (χ1v) is 8.41. The number of aromatic nitrogens is 3. The van der Waals surface area contributed by atoms with Crippen LogP contribution in [0.1, 0.15) is 23.8 Å². The molecule has 6 N–H and O–H groups in total. The lowest BCUT2D eigenvalue weighted by Crippen LogP contribution is -2.25. The number of rotatable bonds is 8. The van der Waals surface area contributed by atoms with Gasteiger partial charge in [0.25, 0.3) is 5.91 Å². The molecule has 1 atom stereocenters. The van der Waals surface area contributed by atoms with Gasteiger partial charge in [-0.2, -0.15) is 0 Å². The standard InChI is InChI=1S/C18H19N7O3/c1-10(7-13(19)26)23-14-9-22-15(16(20)27)17(25-14)24-12-4-2-3-11(8-12)18-21-5-6-28-18/h2-6,8-10H,7H2,1H3,(H2,19,26)(H2,20,27)(H2,23,24,25). The van der Waals surface area contributed by atoms with E-state index in [0.29, 0.717) is 17.4 Å². The van der Waals surface area contributed by atoms with Crippen LogP contribution in [0.25, 0.3) is 11.5 Å². The van der Waals surface area contributed by atoms with Crippen molar-refractivity contribution < 1.29 is 14.0 Å².